The minimum absolute atomic E-state index is 0.0558. The van der Waals surface area contributed by atoms with Crippen LogP contribution in [-0.4, -0.2) is 31.7 Å². The highest BCUT2D eigenvalue weighted by Gasteiger charge is 2.32. The highest BCUT2D eigenvalue weighted by molar-refractivity contribution is 6.02. The summed E-state index contributed by atoms with van der Waals surface area (Å²) in [6.45, 7) is 4.85. The monoisotopic (exact) mass is 231 g/mol. The van der Waals surface area contributed by atoms with E-state index in [-0.39, 0.29) is 12.1 Å². The molecule has 0 spiro atoms. The quantitative estimate of drug-likeness (QED) is 0.749. The van der Waals surface area contributed by atoms with Crippen molar-refractivity contribution in [3.63, 3.8) is 0 Å². The average Bonchev–Trinajstić information content (AvgIpc) is 2.38. The molecule has 1 saturated heterocycles. The van der Waals surface area contributed by atoms with Crippen molar-refractivity contribution in [1.82, 2.24) is 10.6 Å². The molecule has 0 aliphatic carbocycles. The van der Waals surface area contributed by atoms with E-state index in [4.69, 9.17) is 0 Å². The lowest BCUT2D eigenvalue weighted by Gasteiger charge is -2.42. The molecule has 0 bridgehead atoms. The lowest BCUT2D eigenvalue weighted by molar-refractivity contribution is 0.0922. The number of nitrogens with one attached hydrogen (secondary N) is 2. The number of benzene rings is 1. The molecule has 1 atom stereocenters. The van der Waals surface area contributed by atoms with E-state index in [1.165, 1.54) is 5.56 Å². The fraction of sp³-hybridized carbons (Fsp3) is 0.462. The van der Waals surface area contributed by atoms with Gasteiger partial charge in [0.25, 0.3) is 5.91 Å². The van der Waals surface area contributed by atoms with Gasteiger partial charge in [-0.15, -0.1) is 0 Å². The van der Waals surface area contributed by atoms with Gasteiger partial charge in [-0.1, -0.05) is 13.0 Å². The number of aryl methyl sites for hydroxylation is 1. The highest BCUT2D eigenvalue weighted by atomic mass is 16.2. The fourth-order valence-corrected chi connectivity index (χ4v) is 2.59. The Morgan fingerprint density at radius 1 is 1.47 bits per heavy atom. The number of hydrogen-bond donors (Lipinski definition) is 2. The Labute approximate surface area is 101 Å². The van der Waals surface area contributed by atoms with Crippen LogP contribution in [0.4, 0.5) is 5.69 Å². The summed E-state index contributed by atoms with van der Waals surface area (Å²) in [6, 6.07) is 6.23. The van der Waals surface area contributed by atoms with E-state index in [1.807, 2.05) is 6.07 Å². The van der Waals surface area contributed by atoms with Crippen LogP contribution in [0, 0.1) is 0 Å². The van der Waals surface area contributed by atoms with Crippen LogP contribution >= 0.6 is 0 Å². The summed E-state index contributed by atoms with van der Waals surface area (Å²) in [4.78, 5) is 14.3. The smallest absolute Gasteiger partial charge is 0.255 e. The maximum absolute atomic E-state index is 12.0. The van der Waals surface area contributed by atoms with Crippen LogP contribution in [0.25, 0.3) is 0 Å². The highest BCUT2D eigenvalue weighted by Crippen LogP contribution is 2.28. The third-order valence-electron chi connectivity index (χ3n) is 3.56. The van der Waals surface area contributed by atoms with Gasteiger partial charge < -0.3 is 15.5 Å². The lowest BCUT2D eigenvalue weighted by atomic mass is 10.0. The Kier molecular flexibility index (Phi) is 2.52. The average molecular weight is 231 g/mol. The summed E-state index contributed by atoms with van der Waals surface area (Å²) in [5.41, 5.74) is 3.12. The van der Waals surface area contributed by atoms with Crippen LogP contribution in [0.2, 0.25) is 0 Å². The van der Waals surface area contributed by atoms with Gasteiger partial charge in [0.1, 0.15) is 6.17 Å². The lowest BCUT2D eigenvalue weighted by Crippen LogP contribution is -2.62. The maximum Gasteiger partial charge on any atom is 0.255 e. The number of hydrogen-bond acceptors (Lipinski definition) is 3. The van der Waals surface area contributed by atoms with Crippen molar-refractivity contribution in [2.24, 2.45) is 0 Å². The normalized spacial score (nSPS) is 22.8. The van der Waals surface area contributed by atoms with E-state index in [1.54, 1.807) is 0 Å². The van der Waals surface area contributed by atoms with Gasteiger partial charge in [0, 0.05) is 19.6 Å². The summed E-state index contributed by atoms with van der Waals surface area (Å²) < 4.78 is 0. The second-order valence-electron chi connectivity index (χ2n) is 4.59. The number of piperazine rings is 1. The number of carbonyl (C=O) groups is 1. The standard InChI is InChI=1S/C13H17N3O/c1-2-9-3-4-11-10(7-9)13(17)15-12-8-14-5-6-16(11)12/h3-4,7,12,14H,2,5-6,8H2,1H3,(H,15,17)/t12-/m0/s1. The van der Waals surface area contributed by atoms with Gasteiger partial charge in [-0.3, -0.25) is 4.79 Å². The van der Waals surface area contributed by atoms with Gasteiger partial charge in [0.2, 0.25) is 0 Å². The SMILES string of the molecule is CCc1ccc2c(c1)C(=O)N[C@@H]1CNCCN21. The molecule has 90 valence electrons. The molecule has 4 heteroatoms. The van der Waals surface area contributed by atoms with Gasteiger partial charge >= 0.3 is 0 Å². The van der Waals surface area contributed by atoms with Crippen LogP contribution in [0.5, 0.6) is 0 Å². The molecular weight excluding hydrogens is 214 g/mol. The fourth-order valence-electron chi connectivity index (χ4n) is 2.59. The Morgan fingerprint density at radius 3 is 3.18 bits per heavy atom. The number of carbonyl (C=O) groups excluding carboxylic acids is 1. The summed E-state index contributed by atoms with van der Waals surface area (Å²) >= 11 is 0. The summed E-state index contributed by atoms with van der Waals surface area (Å²) in [7, 11) is 0. The summed E-state index contributed by atoms with van der Waals surface area (Å²) in [5, 5.41) is 6.35. The van der Waals surface area contributed by atoms with Crippen molar-refractivity contribution < 1.29 is 4.79 Å². The first-order valence-electron chi connectivity index (χ1n) is 6.20. The molecule has 0 unspecified atom stereocenters. The molecule has 0 aromatic heterocycles. The molecule has 2 heterocycles. The van der Waals surface area contributed by atoms with Crippen LogP contribution < -0.4 is 15.5 Å². The first-order valence-corrected chi connectivity index (χ1v) is 6.20. The molecule has 2 N–H and O–H groups in total. The zero-order valence-corrected chi connectivity index (χ0v) is 9.99. The second kappa shape index (κ2) is 4.04. The van der Waals surface area contributed by atoms with E-state index in [2.05, 4.69) is 34.6 Å². The number of nitrogens with zero attached hydrogens (tertiary/aromatic N) is 1. The van der Waals surface area contributed by atoms with Gasteiger partial charge in [0.15, 0.2) is 0 Å². The van der Waals surface area contributed by atoms with Crippen LogP contribution in [0.3, 0.4) is 0 Å². The van der Waals surface area contributed by atoms with Crippen molar-refractivity contribution in [1.29, 1.82) is 0 Å². The molecule has 1 aromatic rings. The molecule has 17 heavy (non-hydrogen) atoms. The van der Waals surface area contributed by atoms with Crippen molar-refractivity contribution in [2.45, 2.75) is 19.5 Å². The molecule has 1 fully saturated rings. The Hall–Kier alpha value is -1.55. The molecule has 3 rings (SSSR count). The topological polar surface area (TPSA) is 44.4 Å². The predicted octanol–water partition coefficient (Wildman–Crippen LogP) is 0.728. The molecule has 2 aliphatic heterocycles. The minimum Gasteiger partial charge on any atom is -0.348 e. The van der Waals surface area contributed by atoms with Crippen molar-refractivity contribution >= 4 is 11.6 Å². The van der Waals surface area contributed by atoms with E-state index < -0.39 is 0 Å². The summed E-state index contributed by atoms with van der Waals surface area (Å²) in [6.07, 6.45) is 1.07. The molecule has 0 radical (unpaired) electrons. The molecule has 1 amide bonds. The van der Waals surface area contributed by atoms with Gasteiger partial charge in [0.05, 0.1) is 11.3 Å². The third-order valence-corrected chi connectivity index (χ3v) is 3.56. The molecular formula is C13H17N3O. The van der Waals surface area contributed by atoms with Crippen molar-refractivity contribution in [3.8, 4) is 0 Å². The Morgan fingerprint density at radius 2 is 2.35 bits per heavy atom. The number of anilines is 1. The Bertz CT molecular complexity index is 458. The zero-order chi connectivity index (χ0) is 11.8. The molecule has 4 nitrogen and oxygen atoms in total. The predicted molar refractivity (Wildman–Crippen MR) is 67.3 cm³/mol. The van der Waals surface area contributed by atoms with E-state index in [0.29, 0.717) is 0 Å². The zero-order valence-electron chi connectivity index (χ0n) is 9.99. The molecule has 2 aliphatic rings. The van der Waals surface area contributed by atoms with Gasteiger partial charge in [-0.2, -0.15) is 0 Å². The molecule has 1 aromatic carbocycles. The number of rotatable bonds is 1. The third kappa shape index (κ3) is 1.69. The first kappa shape index (κ1) is 10.6. The number of amides is 1. The Balaban J connectivity index is 2.04. The van der Waals surface area contributed by atoms with Gasteiger partial charge in [-0.05, 0) is 24.1 Å². The van der Waals surface area contributed by atoms with Crippen molar-refractivity contribution in [3.05, 3.63) is 29.3 Å². The van der Waals surface area contributed by atoms with Crippen LogP contribution in [0.15, 0.2) is 18.2 Å². The van der Waals surface area contributed by atoms with E-state index in [0.717, 1.165) is 37.3 Å². The molecule has 0 saturated carbocycles. The van der Waals surface area contributed by atoms with E-state index in [9.17, 15) is 4.79 Å². The number of fused-ring (bicyclic) bond motifs is 3. The minimum atomic E-state index is 0.0558. The first-order chi connectivity index (χ1) is 8.29. The van der Waals surface area contributed by atoms with Crippen LogP contribution in [-0.2, 0) is 6.42 Å². The largest absolute Gasteiger partial charge is 0.348 e. The van der Waals surface area contributed by atoms with Gasteiger partial charge in [-0.25, -0.2) is 0 Å². The maximum atomic E-state index is 12.0. The second-order valence-corrected chi connectivity index (χ2v) is 4.59. The van der Waals surface area contributed by atoms with E-state index >= 15 is 0 Å². The summed E-state index contributed by atoms with van der Waals surface area (Å²) in [5.74, 6) is 0.0558. The van der Waals surface area contributed by atoms with Crippen molar-refractivity contribution in [2.75, 3.05) is 24.5 Å². The van der Waals surface area contributed by atoms with Crippen LogP contribution in [0.1, 0.15) is 22.8 Å².